The van der Waals surface area contributed by atoms with E-state index in [0.29, 0.717) is 22.8 Å². The average Bonchev–Trinajstić information content (AvgIpc) is 2.11. The molecule has 1 heterocycles. The molecule has 5 heteroatoms. The fourth-order valence-corrected chi connectivity index (χ4v) is 1.25. The average molecular weight is 215 g/mol. The molecule has 4 nitrogen and oxygen atoms in total. The van der Waals surface area contributed by atoms with E-state index < -0.39 is 11.9 Å². The Labute approximate surface area is 86.7 Å². The first kappa shape index (κ1) is 10.8. The summed E-state index contributed by atoms with van der Waals surface area (Å²) in [5, 5.41) is 9.17. The van der Waals surface area contributed by atoms with E-state index in [9.17, 15) is 4.79 Å². The largest absolute Gasteiger partial charge is 0.481 e. The number of rotatable bonds is 3. The van der Waals surface area contributed by atoms with Gasteiger partial charge in [0.1, 0.15) is 5.82 Å². The van der Waals surface area contributed by atoms with E-state index in [2.05, 4.69) is 4.98 Å². The number of nitrogens with zero attached hydrogens (tertiary/aromatic N) is 1. The summed E-state index contributed by atoms with van der Waals surface area (Å²) in [6.07, 6.45) is 1.78. The first-order valence-electron chi connectivity index (χ1n) is 4.13. The lowest BCUT2D eigenvalue weighted by Crippen LogP contribution is -2.13. The van der Waals surface area contributed by atoms with Crippen LogP contribution >= 0.6 is 11.6 Å². The highest BCUT2D eigenvalue weighted by molar-refractivity contribution is 6.30. The minimum absolute atomic E-state index is 0.336. The van der Waals surface area contributed by atoms with E-state index in [4.69, 9.17) is 22.4 Å². The Hall–Kier alpha value is -1.29. The highest BCUT2D eigenvalue weighted by atomic mass is 35.5. The Balaban J connectivity index is 2.85. The van der Waals surface area contributed by atoms with Gasteiger partial charge in [-0.3, -0.25) is 4.79 Å². The zero-order chi connectivity index (χ0) is 10.7. The van der Waals surface area contributed by atoms with Gasteiger partial charge in [-0.1, -0.05) is 18.5 Å². The number of carbonyl (C=O) groups is 1. The normalized spacial score (nSPS) is 12.4. The Bertz CT molecular complexity index is 355. The second-order valence-corrected chi connectivity index (χ2v) is 3.58. The first-order chi connectivity index (χ1) is 6.50. The van der Waals surface area contributed by atoms with Crippen LogP contribution in [0.25, 0.3) is 0 Å². The summed E-state index contributed by atoms with van der Waals surface area (Å²) >= 11 is 5.71. The van der Waals surface area contributed by atoms with Gasteiger partial charge in [0.15, 0.2) is 0 Å². The number of aromatic nitrogens is 1. The Morgan fingerprint density at radius 2 is 2.43 bits per heavy atom. The molecule has 76 valence electrons. The van der Waals surface area contributed by atoms with E-state index in [1.54, 1.807) is 13.0 Å². The van der Waals surface area contributed by atoms with Crippen LogP contribution < -0.4 is 5.73 Å². The molecule has 3 N–H and O–H groups in total. The molecule has 0 amide bonds. The highest BCUT2D eigenvalue weighted by Crippen LogP contribution is 2.18. The summed E-state index contributed by atoms with van der Waals surface area (Å²) in [4.78, 5) is 14.4. The number of hydrogen-bond donors (Lipinski definition) is 2. The molecule has 0 spiro atoms. The molecule has 1 rings (SSSR count). The minimum Gasteiger partial charge on any atom is -0.481 e. The summed E-state index contributed by atoms with van der Waals surface area (Å²) in [6, 6.07) is 1.64. The third-order valence-corrected chi connectivity index (χ3v) is 2.12. The van der Waals surface area contributed by atoms with Crippen molar-refractivity contribution in [1.29, 1.82) is 0 Å². The van der Waals surface area contributed by atoms with Gasteiger partial charge in [-0.25, -0.2) is 4.98 Å². The van der Waals surface area contributed by atoms with Gasteiger partial charge in [0.05, 0.1) is 10.9 Å². The fourth-order valence-electron chi connectivity index (χ4n) is 1.07. The molecule has 0 bridgehead atoms. The zero-order valence-electron chi connectivity index (χ0n) is 7.70. The molecule has 0 aromatic carbocycles. The van der Waals surface area contributed by atoms with Crippen molar-refractivity contribution in [3.8, 4) is 0 Å². The smallest absolute Gasteiger partial charge is 0.306 e. The van der Waals surface area contributed by atoms with Gasteiger partial charge in [0.25, 0.3) is 0 Å². The third-order valence-electron chi connectivity index (χ3n) is 1.92. The first-order valence-corrected chi connectivity index (χ1v) is 4.51. The number of nitrogens with two attached hydrogens (primary N) is 1. The molecule has 0 aliphatic carbocycles. The van der Waals surface area contributed by atoms with Crippen LogP contribution in [0.15, 0.2) is 12.3 Å². The van der Waals surface area contributed by atoms with E-state index in [-0.39, 0.29) is 0 Å². The van der Waals surface area contributed by atoms with Crippen molar-refractivity contribution in [3.63, 3.8) is 0 Å². The van der Waals surface area contributed by atoms with Crippen molar-refractivity contribution in [2.75, 3.05) is 5.73 Å². The van der Waals surface area contributed by atoms with Crippen molar-refractivity contribution in [2.45, 2.75) is 13.3 Å². The Morgan fingerprint density at radius 3 is 3.00 bits per heavy atom. The van der Waals surface area contributed by atoms with E-state index in [0.717, 1.165) is 0 Å². The van der Waals surface area contributed by atoms with Crippen LogP contribution in [0.3, 0.4) is 0 Å². The quantitative estimate of drug-likeness (QED) is 0.801. The second-order valence-electron chi connectivity index (χ2n) is 3.14. The summed E-state index contributed by atoms with van der Waals surface area (Å²) in [7, 11) is 0. The van der Waals surface area contributed by atoms with Crippen molar-refractivity contribution in [1.82, 2.24) is 4.98 Å². The summed E-state index contributed by atoms with van der Waals surface area (Å²) < 4.78 is 0. The fraction of sp³-hybridized carbons (Fsp3) is 0.333. The molecule has 0 saturated heterocycles. The molecule has 1 aromatic heterocycles. The van der Waals surface area contributed by atoms with Crippen LogP contribution in [0.5, 0.6) is 0 Å². The molecule has 1 unspecified atom stereocenters. The molecule has 0 fully saturated rings. The van der Waals surface area contributed by atoms with Crippen LogP contribution in [-0.2, 0) is 11.2 Å². The third kappa shape index (κ3) is 2.60. The standard InChI is InChI=1S/C9H11ClN2O2/c1-5(9(13)14)2-6-3-7(10)4-12-8(6)11/h3-5H,2H2,1H3,(H2,11,12)(H,13,14). The number of anilines is 1. The van der Waals surface area contributed by atoms with E-state index in [1.165, 1.54) is 6.20 Å². The maximum absolute atomic E-state index is 10.6. The second kappa shape index (κ2) is 4.28. The van der Waals surface area contributed by atoms with Gasteiger partial charge >= 0.3 is 5.97 Å². The number of carboxylic acid groups (broad SMARTS) is 1. The lowest BCUT2D eigenvalue weighted by atomic mass is 10.0. The maximum atomic E-state index is 10.6. The molecule has 1 aromatic rings. The van der Waals surface area contributed by atoms with Crippen molar-refractivity contribution < 1.29 is 9.90 Å². The van der Waals surface area contributed by atoms with Crippen LogP contribution in [-0.4, -0.2) is 16.1 Å². The summed E-state index contributed by atoms with van der Waals surface area (Å²) in [5.74, 6) is -1.01. The number of pyridine rings is 1. The SMILES string of the molecule is CC(Cc1cc(Cl)cnc1N)C(=O)O. The van der Waals surface area contributed by atoms with Gasteiger partial charge in [0.2, 0.25) is 0 Å². The van der Waals surface area contributed by atoms with Gasteiger partial charge in [-0.2, -0.15) is 0 Å². The summed E-state index contributed by atoms with van der Waals surface area (Å²) in [5.41, 5.74) is 6.25. The van der Waals surface area contributed by atoms with Crippen LogP contribution in [0.4, 0.5) is 5.82 Å². The molecule has 0 radical (unpaired) electrons. The predicted octanol–water partition coefficient (Wildman–Crippen LogP) is 1.58. The Kier molecular flexibility index (Phi) is 3.30. The number of halogens is 1. The van der Waals surface area contributed by atoms with Gasteiger partial charge in [-0.15, -0.1) is 0 Å². The van der Waals surface area contributed by atoms with Gasteiger partial charge < -0.3 is 10.8 Å². The van der Waals surface area contributed by atoms with Crippen molar-refractivity contribution >= 4 is 23.4 Å². The lowest BCUT2D eigenvalue weighted by Gasteiger charge is -2.08. The summed E-state index contributed by atoms with van der Waals surface area (Å²) in [6.45, 7) is 1.61. The maximum Gasteiger partial charge on any atom is 0.306 e. The molecular formula is C9H11ClN2O2. The number of aliphatic carboxylic acids is 1. The van der Waals surface area contributed by atoms with E-state index in [1.807, 2.05) is 0 Å². The number of hydrogen-bond acceptors (Lipinski definition) is 3. The topological polar surface area (TPSA) is 76.2 Å². The molecule has 0 saturated carbocycles. The molecule has 0 aliphatic rings. The monoisotopic (exact) mass is 214 g/mol. The van der Waals surface area contributed by atoms with Crippen LogP contribution in [0.2, 0.25) is 5.02 Å². The van der Waals surface area contributed by atoms with Crippen molar-refractivity contribution in [2.24, 2.45) is 5.92 Å². The van der Waals surface area contributed by atoms with Crippen LogP contribution in [0.1, 0.15) is 12.5 Å². The predicted molar refractivity (Wildman–Crippen MR) is 54.2 cm³/mol. The molecular weight excluding hydrogens is 204 g/mol. The van der Waals surface area contributed by atoms with Crippen molar-refractivity contribution in [3.05, 3.63) is 22.8 Å². The molecule has 1 atom stereocenters. The van der Waals surface area contributed by atoms with Crippen LogP contribution in [0, 0.1) is 5.92 Å². The number of nitrogen functional groups attached to an aromatic ring is 1. The molecule has 14 heavy (non-hydrogen) atoms. The zero-order valence-corrected chi connectivity index (χ0v) is 8.45. The van der Waals surface area contributed by atoms with Gasteiger partial charge in [-0.05, 0) is 18.1 Å². The molecule has 0 aliphatic heterocycles. The lowest BCUT2D eigenvalue weighted by molar-refractivity contribution is -0.141. The minimum atomic E-state index is -0.857. The van der Waals surface area contributed by atoms with Gasteiger partial charge in [0, 0.05) is 6.20 Å². The highest BCUT2D eigenvalue weighted by Gasteiger charge is 2.13. The Morgan fingerprint density at radius 1 is 1.79 bits per heavy atom. The number of carboxylic acids is 1. The van der Waals surface area contributed by atoms with E-state index >= 15 is 0 Å².